The maximum Gasteiger partial charge on any atom is 0.0788 e. The Kier molecular flexibility index (Phi) is 8.49. The second kappa shape index (κ2) is 14.6. The Hall–Kier alpha value is -7.88. The van der Waals surface area contributed by atoms with Crippen LogP contribution in [0, 0.1) is 0 Å². The van der Waals surface area contributed by atoms with Gasteiger partial charge < -0.3 is 4.90 Å². The topological polar surface area (TPSA) is 29.0 Å². The molecule has 0 unspecified atom stereocenters. The van der Waals surface area contributed by atoms with Crippen molar-refractivity contribution in [2.75, 3.05) is 4.90 Å². The zero-order valence-corrected chi connectivity index (χ0v) is 32.2. The highest BCUT2D eigenvalue weighted by Crippen LogP contribution is 2.42. The molecule has 0 radical (unpaired) electrons. The van der Waals surface area contributed by atoms with E-state index >= 15 is 0 Å². The third kappa shape index (κ3) is 6.26. The first kappa shape index (κ1) is 34.4. The molecule has 11 rings (SSSR count). The molecule has 0 amide bonds. The minimum atomic E-state index is 0.946. The summed E-state index contributed by atoms with van der Waals surface area (Å²) in [5, 5.41) is 6.92. The van der Waals surface area contributed by atoms with Gasteiger partial charge in [-0.3, -0.25) is 0 Å². The molecule has 59 heavy (non-hydrogen) atoms. The molecule has 0 aliphatic rings. The van der Waals surface area contributed by atoms with Gasteiger partial charge in [0, 0.05) is 49.7 Å². The van der Waals surface area contributed by atoms with E-state index in [9.17, 15) is 0 Å². The fourth-order valence-electron chi connectivity index (χ4n) is 8.57. The normalized spacial score (nSPS) is 11.4. The molecule has 2 aromatic heterocycles. The number of para-hydroxylation sites is 3. The summed E-state index contributed by atoms with van der Waals surface area (Å²) in [5.74, 6) is 0. The lowest BCUT2D eigenvalue weighted by Crippen LogP contribution is -2.09. The van der Waals surface area contributed by atoms with Gasteiger partial charge >= 0.3 is 0 Å². The number of anilines is 3. The van der Waals surface area contributed by atoms with Crippen LogP contribution in [0.3, 0.4) is 0 Å². The van der Waals surface area contributed by atoms with Crippen molar-refractivity contribution >= 4 is 60.4 Å². The first-order chi connectivity index (χ1) is 29.2. The second-order valence-corrected chi connectivity index (χ2v) is 15.0. The summed E-state index contributed by atoms with van der Waals surface area (Å²) in [4.78, 5) is 13.0. The quantitative estimate of drug-likeness (QED) is 0.152. The standard InChI is InChI=1S/C56H37N3/c1-5-15-38(16-6-1)39-25-27-40(28-26-39)51-37-53(57-52-24-14-13-23-48(51)52)43-30-32-47-42(35-43)29-33-50-55(47)49-34-31-46(36-54(49)58-56(50)41-17-7-2-8-18-41)59(44-19-9-3-10-20-44)45-21-11-4-12-22-45/h1-37H. The number of nitrogens with zero attached hydrogens (tertiary/aromatic N) is 3. The van der Waals surface area contributed by atoms with Gasteiger partial charge in [0.2, 0.25) is 0 Å². The highest BCUT2D eigenvalue weighted by atomic mass is 15.1. The van der Waals surface area contributed by atoms with Crippen molar-refractivity contribution in [2.45, 2.75) is 0 Å². The zero-order valence-electron chi connectivity index (χ0n) is 32.2. The largest absolute Gasteiger partial charge is 0.310 e. The molecule has 0 saturated carbocycles. The van der Waals surface area contributed by atoms with Gasteiger partial charge in [-0.1, -0.05) is 170 Å². The van der Waals surface area contributed by atoms with Gasteiger partial charge in [0.25, 0.3) is 0 Å². The summed E-state index contributed by atoms with van der Waals surface area (Å²) in [6.07, 6.45) is 0. The van der Waals surface area contributed by atoms with Crippen LogP contribution in [0.1, 0.15) is 0 Å². The molecule has 3 nitrogen and oxygen atoms in total. The molecular weight excluding hydrogens is 715 g/mol. The van der Waals surface area contributed by atoms with Gasteiger partial charge in [-0.15, -0.1) is 0 Å². The summed E-state index contributed by atoms with van der Waals surface area (Å²) in [6.45, 7) is 0. The molecule has 0 N–H and O–H groups in total. The van der Waals surface area contributed by atoms with E-state index < -0.39 is 0 Å². The number of fused-ring (bicyclic) bond motifs is 6. The molecule has 0 aliphatic carbocycles. The molecule has 0 bridgehead atoms. The van der Waals surface area contributed by atoms with Crippen molar-refractivity contribution in [2.24, 2.45) is 0 Å². The number of pyridine rings is 2. The van der Waals surface area contributed by atoms with Gasteiger partial charge in [-0.25, -0.2) is 9.97 Å². The average molecular weight is 752 g/mol. The molecule has 3 heteroatoms. The maximum atomic E-state index is 5.43. The highest BCUT2D eigenvalue weighted by molar-refractivity contribution is 6.23. The van der Waals surface area contributed by atoms with Crippen LogP contribution in [0.4, 0.5) is 17.1 Å². The van der Waals surface area contributed by atoms with Crippen molar-refractivity contribution < 1.29 is 0 Å². The van der Waals surface area contributed by atoms with E-state index in [4.69, 9.17) is 9.97 Å². The lowest BCUT2D eigenvalue weighted by Gasteiger charge is -2.26. The van der Waals surface area contributed by atoms with Crippen LogP contribution in [0.2, 0.25) is 0 Å². The summed E-state index contributed by atoms with van der Waals surface area (Å²) < 4.78 is 0. The SMILES string of the molecule is c1ccc(-c2ccc(-c3cc(-c4ccc5c(ccc6c(-c7ccccc7)nc7cc(N(c8ccccc8)c8ccccc8)ccc7c65)c4)nc4ccccc34)cc2)cc1. The molecule has 276 valence electrons. The average Bonchev–Trinajstić information content (AvgIpc) is 3.32. The fourth-order valence-corrected chi connectivity index (χ4v) is 8.57. The fraction of sp³-hybridized carbons (Fsp3) is 0. The first-order valence-electron chi connectivity index (χ1n) is 20.1. The predicted octanol–water partition coefficient (Wildman–Crippen LogP) is 15.2. The molecule has 9 aromatic carbocycles. The van der Waals surface area contributed by atoms with Gasteiger partial charge in [-0.05, 0) is 87.6 Å². The van der Waals surface area contributed by atoms with Crippen molar-refractivity contribution in [3.05, 3.63) is 224 Å². The number of benzene rings is 9. The Bertz CT molecular complexity index is 3250. The van der Waals surface area contributed by atoms with Crippen LogP contribution < -0.4 is 4.90 Å². The Morgan fingerprint density at radius 1 is 0.305 bits per heavy atom. The Balaban J connectivity index is 1.08. The summed E-state index contributed by atoms with van der Waals surface area (Å²) in [6, 6.07) is 79.8. The van der Waals surface area contributed by atoms with Crippen molar-refractivity contribution in [3.63, 3.8) is 0 Å². The lowest BCUT2D eigenvalue weighted by atomic mass is 9.93. The van der Waals surface area contributed by atoms with Crippen LogP contribution in [0.15, 0.2) is 224 Å². The maximum absolute atomic E-state index is 5.43. The molecular formula is C56H37N3. The second-order valence-electron chi connectivity index (χ2n) is 15.0. The molecule has 0 saturated heterocycles. The molecule has 2 heterocycles. The Morgan fingerprint density at radius 2 is 0.864 bits per heavy atom. The van der Waals surface area contributed by atoms with E-state index in [2.05, 4.69) is 229 Å². The minimum absolute atomic E-state index is 0.946. The third-order valence-electron chi connectivity index (χ3n) is 11.4. The van der Waals surface area contributed by atoms with Crippen molar-refractivity contribution in [1.29, 1.82) is 0 Å². The van der Waals surface area contributed by atoms with E-state index in [0.29, 0.717) is 0 Å². The molecule has 0 fully saturated rings. The predicted molar refractivity (Wildman–Crippen MR) is 248 cm³/mol. The smallest absolute Gasteiger partial charge is 0.0788 e. The molecule has 0 spiro atoms. The molecule has 0 aliphatic heterocycles. The Morgan fingerprint density at radius 3 is 1.58 bits per heavy atom. The van der Waals surface area contributed by atoms with Gasteiger partial charge in [0.05, 0.1) is 22.4 Å². The van der Waals surface area contributed by atoms with Gasteiger partial charge in [0.1, 0.15) is 0 Å². The van der Waals surface area contributed by atoms with Gasteiger partial charge in [0.15, 0.2) is 0 Å². The van der Waals surface area contributed by atoms with Crippen molar-refractivity contribution in [1.82, 2.24) is 9.97 Å². The van der Waals surface area contributed by atoms with Crippen molar-refractivity contribution in [3.8, 4) is 44.8 Å². The number of aromatic nitrogens is 2. The third-order valence-corrected chi connectivity index (χ3v) is 11.4. The van der Waals surface area contributed by atoms with Crippen LogP contribution in [-0.4, -0.2) is 9.97 Å². The van der Waals surface area contributed by atoms with Gasteiger partial charge in [-0.2, -0.15) is 0 Å². The van der Waals surface area contributed by atoms with Crippen LogP contribution in [-0.2, 0) is 0 Å². The van der Waals surface area contributed by atoms with Crippen LogP contribution in [0.25, 0.3) is 88.1 Å². The van der Waals surface area contributed by atoms with E-state index in [1.165, 1.54) is 33.0 Å². The van der Waals surface area contributed by atoms with E-state index in [1.807, 2.05) is 0 Å². The van der Waals surface area contributed by atoms with E-state index in [1.54, 1.807) is 0 Å². The number of hydrogen-bond donors (Lipinski definition) is 0. The molecule has 11 aromatic rings. The summed E-state index contributed by atoms with van der Waals surface area (Å²) in [5.41, 5.74) is 14.0. The first-order valence-corrected chi connectivity index (χ1v) is 20.1. The van der Waals surface area contributed by atoms with Crippen LogP contribution >= 0.6 is 0 Å². The zero-order chi connectivity index (χ0) is 39.1. The number of rotatable bonds is 7. The highest BCUT2D eigenvalue weighted by Gasteiger charge is 2.18. The van der Waals surface area contributed by atoms with Crippen LogP contribution in [0.5, 0.6) is 0 Å². The monoisotopic (exact) mass is 751 g/mol. The summed E-state index contributed by atoms with van der Waals surface area (Å²) in [7, 11) is 0. The van der Waals surface area contributed by atoms with E-state index in [0.717, 1.165) is 72.2 Å². The molecule has 0 atom stereocenters. The summed E-state index contributed by atoms with van der Waals surface area (Å²) >= 11 is 0. The van der Waals surface area contributed by atoms with E-state index in [-0.39, 0.29) is 0 Å². The number of hydrogen-bond acceptors (Lipinski definition) is 3. The minimum Gasteiger partial charge on any atom is -0.310 e. The Labute approximate surface area is 343 Å². The lowest BCUT2D eigenvalue weighted by molar-refractivity contribution is 1.28.